The Balaban J connectivity index is 0.00000300. The molecule has 0 bridgehead atoms. The number of carbonyl (C=O) groups excluding carboxylic acids is 2. The summed E-state index contributed by atoms with van der Waals surface area (Å²) in [6.07, 6.45) is 4.78. The van der Waals surface area contributed by atoms with E-state index in [-0.39, 0.29) is 43.9 Å². The van der Waals surface area contributed by atoms with Gasteiger partial charge in [0.25, 0.3) is 0 Å². The van der Waals surface area contributed by atoms with E-state index in [2.05, 4.69) is 28.7 Å². The van der Waals surface area contributed by atoms with Crippen LogP contribution in [-0.2, 0) is 9.53 Å². The quantitative estimate of drug-likeness (QED) is 0.607. The lowest BCUT2D eigenvalue weighted by Crippen LogP contribution is -2.48. The number of terminal acetylenes is 1. The van der Waals surface area contributed by atoms with E-state index in [1.807, 2.05) is 36.4 Å². The minimum atomic E-state index is -0.783. The molecule has 2 aromatic carbocycles. The van der Waals surface area contributed by atoms with E-state index in [1.54, 1.807) is 0 Å². The minimum absolute atomic E-state index is 0. The molecule has 0 aromatic heterocycles. The molecule has 152 valence electrons. The van der Waals surface area contributed by atoms with Crippen LogP contribution < -0.4 is 16.4 Å². The number of ether oxygens (including phenoxy) is 1. The fraction of sp³-hybridized carbons (Fsp3) is 0.273. The van der Waals surface area contributed by atoms with Gasteiger partial charge in [-0.3, -0.25) is 4.79 Å². The van der Waals surface area contributed by atoms with Gasteiger partial charge in [-0.25, -0.2) is 4.79 Å². The monoisotopic (exact) mass is 413 g/mol. The van der Waals surface area contributed by atoms with Crippen molar-refractivity contribution in [2.24, 2.45) is 5.73 Å². The van der Waals surface area contributed by atoms with E-state index in [9.17, 15) is 9.59 Å². The minimum Gasteiger partial charge on any atom is -0.449 e. The summed E-state index contributed by atoms with van der Waals surface area (Å²) in [6, 6.07) is 15.4. The summed E-state index contributed by atoms with van der Waals surface area (Å²) in [6.45, 7) is 0.519. The summed E-state index contributed by atoms with van der Waals surface area (Å²) in [5.74, 6) is 1.90. The number of hydrogen-bond acceptors (Lipinski definition) is 4. The van der Waals surface area contributed by atoms with Crippen molar-refractivity contribution in [1.82, 2.24) is 10.6 Å². The smallest absolute Gasteiger partial charge is 0.407 e. The Labute approximate surface area is 176 Å². The predicted molar refractivity (Wildman–Crippen MR) is 115 cm³/mol. The van der Waals surface area contributed by atoms with E-state index in [4.69, 9.17) is 16.9 Å². The highest BCUT2D eigenvalue weighted by molar-refractivity contribution is 5.86. The van der Waals surface area contributed by atoms with Crippen molar-refractivity contribution in [3.63, 3.8) is 0 Å². The van der Waals surface area contributed by atoms with Crippen LogP contribution in [0, 0.1) is 12.3 Å². The maximum Gasteiger partial charge on any atom is 0.407 e. The highest BCUT2D eigenvalue weighted by atomic mass is 35.5. The van der Waals surface area contributed by atoms with Crippen LogP contribution in [0.4, 0.5) is 4.79 Å². The molecule has 29 heavy (non-hydrogen) atoms. The van der Waals surface area contributed by atoms with Gasteiger partial charge in [-0.2, -0.15) is 0 Å². The first-order chi connectivity index (χ1) is 13.7. The molecule has 7 heteroatoms. The van der Waals surface area contributed by atoms with E-state index in [0.717, 1.165) is 22.3 Å². The fourth-order valence-corrected chi connectivity index (χ4v) is 3.48. The van der Waals surface area contributed by atoms with Gasteiger partial charge in [0.15, 0.2) is 0 Å². The third-order valence-corrected chi connectivity index (χ3v) is 4.77. The number of halogens is 1. The Morgan fingerprint density at radius 3 is 2.24 bits per heavy atom. The molecule has 0 spiro atoms. The van der Waals surface area contributed by atoms with Crippen LogP contribution in [0.2, 0.25) is 0 Å². The zero-order chi connectivity index (χ0) is 19.9. The molecule has 0 saturated carbocycles. The van der Waals surface area contributed by atoms with Gasteiger partial charge < -0.3 is 21.1 Å². The lowest BCUT2D eigenvalue weighted by molar-refractivity contribution is -0.122. The van der Waals surface area contributed by atoms with E-state index < -0.39 is 12.1 Å². The van der Waals surface area contributed by atoms with Crippen molar-refractivity contribution in [3.05, 3.63) is 59.7 Å². The Hall–Kier alpha value is -3.01. The molecule has 6 nitrogen and oxygen atoms in total. The Kier molecular flexibility index (Phi) is 8.08. The van der Waals surface area contributed by atoms with Gasteiger partial charge in [-0.15, -0.1) is 18.8 Å². The standard InChI is InChI=1S/C22H23N3O3.ClH/c1-2-13-24-21(26)20(11-12-23)25-22(27)28-14-19-17-9-5-3-7-15(17)16-8-4-6-10-18(16)19;/h1,3-10,19-20H,11-14,23H2,(H,24,26)(H,25,27);1H/t20-;/m0./s1. The topological polar surface area (TPSA) is 93.5 Å². The van der Waals surface area contributed by atoms with Gasteiger partial charge >= 0.3 is 6.09 Å². The molecule has 4 N–H and O–H groups in total. The third kappa shape index (κ3) is 5.08. The van der Waals surface area contributed by atoms with Crippen LogP contribution in [0.25, 0.3) is 11.1 Å². The molecule has 0 heterocycles. The van der Waals surface area contributed by atoms with Crippen molar-refractivity contribution >= 4 is 24.4 Å². The summed E-state index contributed by atoms with van der Waals surface area (Å²) in [4.78, 5) is 24.4. The van der Waals surface area contributed by atoms with E-state index >= 15 is 0 Å². The zero-order valence-electron chi connectivity index (χ0n) is 15.9. The van der Waals surface area contributed by atoms with Crippen molar-refractivity contribution in [3.8, 4) is 23.5 Å². The Bertz CT molecular complexity index is 865. The highest BCUT2D eigenvalue weighted by Crippen LogP contribution is 2.44. The Morgan fingerprint density at radius 1 is 1.10 bits per heavy atom. The van der Waals surface area contributed by atoms with Crippen LogP contribution in [0.3, 0.4) is 0 Å². The first-order valence-corrected chi connectivity index (χ1v) is 9.18. The number of nitrogens with two attached hydrogens (primary N) is 1. The van der Waals surface area contributed by atoms with Crippen molar-refractivity contribution < 1.29 is 14.3 Å². The molecule has 1 atom stereocenters. The third-order valence-electron chi connectivity index (χ3n) is 4.77. The summed E-state index contributed by atoms with van der Waals surface area (Å²) in [5, 5.41) is 5.12. The number of nitrogens with one attached hydrogen (secondary N) is 2. The highest BCUT2D eigenvalue weighted by Gasteiger charge is 2.29. The van der Waals surface area contributed by atoms with Crippen LogP contribution >= 0.6 is 12.4 Å². The molecule has 1 aliphatic carbocycles. The number of amides is 2. The SMILES string of the molecule is C#CCNC(=O)[C@H](CCN)NC(=O)OCC1c2ccccc2-c2ccccc21.Cl. The lowest BCUT2D eigenvalue weighted by Gasteiger charge is -2.19. The van der Waals surface area contributed by atoms with Gasteiger partial charge in [0.05, 0.1) is 6.54 Å². The number of rotatable bonds is 7. The number of benzene rings is 2. The molecule has 2 aromatic rings. The first kappa shape index (κ1) is 22.3. The predicted octanol–water partition coefficient (Wildman–Crippen LogP) is 2.41. The normalized spacial score (nSPS) is 12.6. The molecule has 0 aliphatic heterocycles. The van der Waals surface area contributed by atoms with Crippen molar-refractivity contribution in [1.29, 1.82) is 0 Å². The second kappa shape index (κ2) is 10.5. The van der Waals surface area contributed by atoms with Gasteiger partial charge in [-0.1, -0.05) is 54.5 Å². The second-order valence-corrected chi connectivity index (χ2v) is 6.52. The average Bonchev–Trinajstić information content (AvgIpc) is 3.04. The van der Waals surface area contributed by atoms with E-state index in [1.165, 1.54) is 0 Å². The molecule has 2 amide bonds. The molecule has 1 aliphatic rings. The van der Waals surface area contributed by atoms with Gasteiger partial charge in [0.2, 0.25) is 5.91 Å². The summed E-state index contributed by atoms with van der Waals surface area (Å²) < 4.78 is 5.46. The number of fused-ring (bicyclic) bond motifs is 3. The largest absolute Gasteiger partial charge is 0.449 e. The van der Waals surface area contributed by atoms with Crippen molar-refractivity contribution in [2.45, 2.75) is 18.4 Å². The molecule has 0 radical (unpaired) electrons. The number of alkyl carbamates (subject to hydrolysis) is 1. The van der Waals surface area contributed by atoms with Crippen LogP contribution in [0.5, 0.6) is 0 Å². The Morgan fingerprint density at radius 2 is 1.69 bits per heavy atom. The average molecular weight is 414 g/mol. The second-order valence-electron chi connectivity index (χ2n) is 6.52. The summed E-state index contributed by atoms with van der Waals surface area (Å²) >= 11 is 0. The van der Waals surface area contributed by atoms with Crippen molar-refractivity contribution in [2.75, 3.05) is 19.7 Å². The summed E-state index contributed by atoms with van der Waals surface area (Å²) in [5.41, 5.74) is 10.1. The number of carbonyl (C=O) groups is 2. The molecule has 0 fully saturated rings. The van der Waals surface area contributed by atoms with Gasteiger partial charge in [-0.05, 0) is 35.2 Å². The van der Waals surface area contributed by atoms with Gasteiger partial charge in [0.1, 0.15) is 12.6 Å². The molecule has 3 rings (SSSR count). The van der Waals surface area contributed by atoms with Gasteiger partial charge in [0, 0.05) is 5.92 Å². The van der Waals surface area contributed by atoms with Crippen LogP contribution in [0.15, 0.2) is 48.5 Å². The maximum absolute atomic E-state index is 12.3. The maximum atomic E-state index is 12.3. The summed E-state index contributed by atoms with van der Waals surface area (Å²) in [7, 11) is 0. The molecular weight excluding hydrogens is 390 g/mol. The van der Waals surface area contributed by atoms with E-state index in [0.29, 0.717) is 6.42 Å². The lowest BCUT2D eigenvalue weighted by atomic mass is 9.98. The molecule has 0 saturated heterocycles. The molecule has 0 unspecified atom stereocenters. The number of hydrogen-bond donors (Lipinski definition) is 3. The van der Waals surface area contributed by atoms with Crippen LogP contribution in [0.1, 0.15) is 23.5 Å². The first-order valence-electron chi connectivity index (χ1n) is 9.18. The molecular formula is C22H24ClN3O3. The van der Waals surface area contributed by atoms with Crippen LogP contribution in [-0.4, -0.2) is 37.7 Å². The zero-order valence-corrected chi connectivity index (χ0v) is 16.7. The fourth-order valence-electron chi connectivity index (χ4n) is 3.48.